The summed E-state index contributed by atoms with van der Waals surface area (Å²) < 4.78 is 0. The minimum Gasteiger partial charge on any atom is -0.261 e. The zero-order valence-electron chi connectivity index (χ0n) is 8.64. The molecule has 0 amide bonds. The molecule has 0 spiro atoms. The van der Waals surface area contributed by atoms with Crippen LogP contribution in [0.5, 0.6) is 0 Å². The van der Waals surface area contributed by atoms with Crippen molar-refractivity contribution in [1.29, 1.82) is 0 Å². The van der Waals surface area contributed by atoms with Crippen LogP contribution >= 0.6 is 11.8 Å². The van der Waals surface area contributed by atoms with Crippen molar-refractivity contribution in [1.82, 2.24) is 15.0 Å². The highest BCUT2D eigenvalue weighted by atomic mass is 32.2. The third-order valence-corrected chi connectivity index (χ3v) is 2.59. The van der Waals surface area contributed by atoms with E-state index in [0.717, 1.165) is 22.1 Å². The maximum Gasteiger partial charge on any atom is 0.187 e. The summed E-state index contributed by atoms with van der Waals surface area (Å²) in [4.78, 5) is 12.8. The van der Waals surface area contributed by atoms with E-state index in [1.54, 1.807) is 6.20 Å². The molecule has 0 aliphatic rings. The van der Waals surface area contributed by atoms with Crippen LogP contribution in [0.3, 0.4) is 0 Å². The minimum atomic E-state index is 0.785. The van der Waals surface area contributed by atoms with Crippen molar-refractivity contribution < 1.29 is 0 Å². The van der Waals surface area contributed by atoms with E-state index in [-0.39, 0.29) is 0 Å². The van der Waals surface area contributed by atoms with Crippen LogP contribution in [-0.4, -0.2) is 21.2 Å². The van der Waals surface area contributed by atoms with Crippen LogP contribution in [0, 0.1) is 6.92 Å². The number of nitrogens with zero attached hydrogens (tertiary/aromatic N) is 3. The number of aromatic nitrogens is 3. The lowest BCUT2D eigenvalue weighted by Crippen LogP contribution is -1.90. The van der Waals surface area contributed by atoms with Gasteiger partial charge in [-0.15, -0.1) is 0 Å². The van der Waals surface area contributed by atoms with E-state index < -0.39 is 0 Å². The fraction of sp³-hybridized carbons (Fsp3) is 0.182. The normalized spacial score (nSPS) is 10.3. The van der Waals surface area contributed by atoms with Crippen molar-refractivity contribution in [3.05, 3.63) is 36.3 Å². The molecule has 0 unspecified atom stereocenters. The Morgan fingerprint density at radius 3 is 2.67 bits per heavy atom. The van der Waals surface area contributed by atoms with E-state index in [2.05, 4.69) is 15.0 Å². The summed E-state index contributed by atoms with van der Waals surface area (Å²) in [6.07, 6.45) is 5.57. The predicted molar refractivity (Wildman–Crippen MR) is 61.8 cm³/mol. The van der Waals surface area contributed by atoms with Gasteiger partial charge in [-0.05, 0) is 31.4 Å². The second-order valence-corrected chi connectivity index (χ2v) is 3.89. The topological polar surface area (TPSA) is 38.7 Å². The van der Waals surface area contributed by atoms with Gasteiger partial charge in [0.2, 0.25) is 0 Å². The summed E-state index contributed by atoms with van der Waals surface area (Å²) in [5, 5.41) is 0.785. The Labute approximate surface area is 93.0 Å². The minimum absolute atomic E-state index is 0.785. The smallest absolute Gasteiger partial charge is 0.187 e. The highest BCUT2D eigenvalue weighted by molar-refractivity contribution is 7.98. The standard InChI is InChI=1S/C11H11N3S/c1-8-3-4-9(7-13-8)10-5-6-12-11(14-10)15-2/h3-7H,1-2H3. The highest BCUT2D eigenvalue weighted by Gasteiger charge is 2.01. The third kappa shape index (κ3) is 2.33. The molecule has 0 atom stereocenters. The molecule has 2 aromatic rings. The average molecular weight is 217 g/mol. The summed E-state index contributed by atoms with van der Waals surface area (Å²) >= 11 is 1.54. The molecule has 0 aromatic carbocycles. The van der Waals surface area contributed by atoms with Crippen molar-refractivity contribution in [3.8, 4) is 11.3 Å². The van der Waals surface area contributed by atoms with Gasteiger partial charge in [-0.1, -0.05) is 11.8 Å². The fourth-order valence-corrected chi connectivity index (χ4v) is 1.58. The van der Waals surface area contributed by atoms with Crippen LogP contribution in [0.4, 0.5) is 0 Å². The van der Waals surface area contributed by atoms with Gasteiger partial charge < -0.3 is 0 Å². The molecule has 4 heteroatoms. The van der Waals surface area contributed by atoms with Crippen LogP contribution < -0.4 is 0 Å². The molecule has 0 radical (unpaired) electrons. The average Bonchev–Trinajstić information content (AvgIpc) is 2.30. The van der Waals surface area contributed by atoms with Gasteiger partial charge in [0.25, 0.3) is 0 Å². The zero-order valence-corrected chi connectivity index (χ0v) is 9.45. The molecular weight excluding hydrogens is 206 g/mol. The van der Waals surface area contributed by atoms with Crippen molar-refractivity contribution in [2.45, 2.75) is 12.1 Å². The second-order valence-electron chi connectivity index (χ2n) is 3.12. The van der Waals surface area contributed by atoms with E-state index in [0.29, 0.717) is 0 Å². The Morgan fingerprint density at radius 1 is 1.13 bits per heavy atom. The van der Waals surface area contributed by atoms with Gasteiger partial charge in [0.15, 0.2) is 5.16 Å². The zero-order chi connectivity index (χ0) is 10.7. The maximum absolute atomic E-state index is 4.40. The lowest BCUT2D eigenvalue weighted by atomic mass is 10.2. The summed E-state index contributed by atoms with van der Waals surface area (Å²) in [6, 6.07) is 5.90. The summed E-state index contributed by atoms with van der Waals surface area (Å²) in [5.41, 5.74) is 2.96. The monoisotopic (exact) mass is 217 g/mol. The molecule has 76 valence electrons. The molecule has 0 aliphatic heterocycles. The Balaban J connectivity index is 2.40. The first-order chi connectivity index (χ1) is 7.29. The van der Waals surface area contributed by atoms with E-state index in [9.17, 15) is 0 Å². The quantitative estimate of drug-likeness (QED) is 0.572. The molecule has 3 nitrogen and oxygen atoms in total. The fourth-order valence-electron chi connectivity index (χ4n) is 1.22. The van der Waals surface area contributed by atoms with E-state index in [4.69, 9.17) is 0 Å². The van der Waals surface area contributed by atoms with E-state index >= 15 is 0 Å². The molecular formula is C11H11N3S. The first-order valence-corrected chi connectivity index (χ1v) is 5.82. The molecule has 15 heavy (non-hydrogen) atoms. The van der Waals surface area contributed by atoms with E-state index in [1.165, 1.54) is 11.8 Å². The van der Waals surface area contributed by atoms with Crippen LogP contribution in [0.1, 0.15) is 5.69 Å². The van der Waals surface area contributed by atoms with Crippen LogP contribution in [0.2, 0.25) is 0 Å². The number of rotatable bonds is 2. The van der Waals surface area contributed by atoms with Gasteiger partial charge in [-0.2, -0.15) is 0 Å². The Bertz CT molecular complexity index is 454. The second kappa shape index (κ2) is 4.40. The van der Waals surface area contributed by atoms with Crippen LogP contribution in [-0.2, 0) is 0 Å². The Hall–Kier alpha value is -1.42. The number of thioether (sulfide) groups is 1. The summed E-state index contributed by atoms with van der Waals surface area (Å²) in [6.45, 7) is 1.97. The van der Waals surface area contributed by atoms with Gasteiger partial charge in [-0.3, -0.25) is 4.98 Å². The van der Waals surface area contributed by atoms with Crippen molar-refractivity contribution >= 4 is 11.8 Å². The van der Waals surface area contributed by atoms with Crippen LogP contribution in [0.25, 0.3) is 11.3 Å². The van der Waals surface area contributed by atoms with Gasteiger partial charge >= 0.3 is 0 Å². The van der Waals surface area contributed by atoms with E-state index in [1.807, 2.05) is 37.6 Å². The molecule has 0 N–H and O–H groups in total. The number of pyridine rings is 1. The molecule has 2 aromatic heterocycles. The predicted octanol–water partition coefficient (Wildman–Crippen LogP) is 2.57. The van der Waals surface area contributed by atoms with Gasteiger partial charge in [0.1, 0.15) is 0 Å². The van der Waals surface area contributed by atoms with Crippen molar-refractivity contribution in [2.75, 3.05) is 6.26 Å². The number of hydrogen-bond donors (Lipinski definition) is 0. The summed E-state index contributed by atoms with van der Waals surface area (Å²) in [5.74, 6) is 0. The first-order valence-electron chi connectivity index (χ1n) is 4.59. The molecule has 0 aliphatic carbocycles. The van der Waals surface area contributed by atoms with Gasteiger partial charge in [0.05, 0.1) is 5.69 Å². The molecule has 0 bridgehead atoms. The molecule has 0 fully saturated rings. The SMILES string of the molecule is CSc1nccc(-c2ccc(C)nc2)n1. The van der Waals surface area contributed by atoms with Crippen molar-refractivity contribution in [3.63, 3.8) is 0 Å². The lowest BCUT2D eigenvalue weighted by molar-refractivity contribution is 0.974. The Kier molecular flexibility index (Phi) is 2.97. The summed E-state index contributed by atoms with van der Waals surface area (Å²) in [7, 11) is 0. The molecule has 0 saturated heterocycles. The molecule has 2 rings (SSSR count). The molecule has 0 saturated carbocycles. The van der Waals surface area contributed by atoms with Crippen LogP contribution in [0.15, 0.2) is 35.7 Å². The van der Waals surface area contributed by atoms with Gasteiger partial charge in [0, 0.05) is 23.7 Å². The number of aryl methyl sites for hydroxylation is 1. The first kappa shape index (κ1) is 10.1. The number of hydrogen-bond acceptors (Lipinski definition) is 4. The Morgan fingerprint density at radius 2 is 2.00 bits per heavy atom. The van der Waals surface area contributed by atoms with Crippen molar-refractivity contribution in [2.24, 2.45) is 0 Å². The lowest BCUT2D eigenvalue weighted by Gasteiger charge is -2.01. The largest absolute Gasteiger partial charge is 0.261 e. The highest BCUT2D eigenvalue weighted by Crippen LogP contribution is 2.17. The maximum atomic E-state index is 4.40. The van der Waals surface area contributed by atoms with Gasteiger partial charge in [-0.25, -0.2) is 9.97 Å². The molecule has 2 heterocycles. The third-order valence-electron chi connectivity index (χ3n) is 2.02.